The third-order valence-electron chi connectivity index (χ3n) is 2.37. The summed E-state index contributed by atoms with van der Waals surface area (Å²) >= 11 is 1.49. The summed E-state index contributed by atoms with van der Waals surface area (Å²) in [5.74, 6) is -0.279. The van der Waals surface area contributed by atoms with Crippen LogP contribution in [0.5, 0.6) is 0 Å². The minimum Gasteiger partial charge on any atom is -0.306 e. The number of rotatable bonds is 2. The molecule has 2 aromatic heterocycles. The topological polar surface area (TPSA) is 79.8 Å². The predicted octanol–water partition coefficient (Wildman–Crippen LogP) is 0.789. The van der Waals surface area contributed by atoms with Gasteiger partial charge in [-0.25, -0.2) is 9.97 Å². The van der Waals surface area contributed by atoms with E-state index in [1.165, 1.54) is 34.8 Å². The highest BCUT2D eigenvalue weighted by molar-refractivity contribution is 7.15. The van der Waals surface area contributed by atoms with Crippen LogP contribution in [0.1, 0.15) is 21.1 Å². The van der Waals surface area contributed by atoms with Crippen molar-refractivity contribution >= 4 is 22.4 Å². The van der Waals surface area contributed by atoms with Crippen molar-refractivity contribution in [3.8, 4) is 0 Å². The minimum absolute atomic E-state index is 0.279. The number of thiazole rings is 1. The first kappa shape index (κ1) is 10.3. The lowest BCUT2D eigenvalue weighted by Gasteiger charge is -1.99. The molecule has 0 saturated heterocycles. The van der Waals surface area contributed by atoms with E-state index in [0.29, 0.717) is 10.8 Å². The third-order valence-corrected chi connectivity index (χ3v) is 3.39. The van der Waals surface area contributed by atoms with Crippen LogP contribution in [-0.4, -0.2) is 20.9 Å². The van der Waals surface area contributed by atoms with Gasteiger partial charge >= 0.3 is 0 Å². The Labute approximate surface area is 101 Å². The second-order valence-electron chi connectivity index (χ2n) is 3.54. The van der Waals surface area contributed by atoms with Gasteiger partial charge in [0.15, 0.2) is 5.13 Å². The normalized spacial score (nSPS) is 13.4. The summed E-state index contributed by atoms with van der Waals surface area (Å²) in [6.07, 6.45) is 4.44. The molecule has 0 spiro atoms. The van der Waals surface area contributed by atoms with E-state index in [2.05, 4.69) is 25.6 Å². The van der Waals surface area contributed by atoms with E-state index in [9.17, 15) is 4.79 Å². The zero-order chi connectivity index (χ0) is 11.7. The fourth-order valence-electron chi connectivity index (χ4n) is 1.58. The van der Waals surface area contributed by atoms with Crippen molar-refractivity contribution in [2.24, 2.45) is 0 Å². The SMILES string of the molecule is O=C(Nc1nc2c(s1)CNC2)c1cnccn1. The van der Waals surface area contributed by atoms with Gasteiger partial charge in [0.25, 0.3) is 5.91 Å². The number of fused-ring (bicyclic) bond motifs is 1. The maximum Gasteiger partial charge on any atom is 0.277 e. The number of carbonyl (C=O) groups is 1. The van der Waals surface area contributed by atoms with Gasteiger partial charge in [0.1, 0.15) is 5.69 Å². The zero-order valence-electron chi connectivity index (χ0n) is 8.80. The maximum absolute atomic E-state index is 11.8. The Morgan fingerprint density at radius 2 is 2.35 bits per heavy atom. The number of hydrogen-bond acceptors (Lipinski definition) is 6. The molecule has 1 aliphatic rings. The number of nitrogens with zero attached hydrogens (tertiary/aromatic N) is 3. The molecular formula is C10H9N5OS. The molecule has 0 bridgehead atoms. The Morgan fingerprint density at radius 1 is 1.41 bits per heavy atom. The van der Waals surface area contributed by atoms with Gasteiger partial charge in [-0.05, 0) is 0 Å². The molecule has 0 unspecified atom stereocenters. The summed E-state index contributed by atoms with van der Waals surface area (Å²) in [7, 11) is 0. The molecule has 3 heterocycles. The van der Waals surface area contributed by atoms with Crippen LogP contribution in [0.4, 0.5) is 5.13 Å². The standard InChI is InChI=1S/C10H9N5OS/c16-9(7-4-11-1-2-13-7)15-10-14-6-3-12-5-8(6)17-10/h1-2,4,12H,3,5H2,(H,14,15,16). The lowest BCUT2D eigenvalue weighted by molar-refractivity contribution is 0.102. The molecule has 7 heteroatoms. The molecule has 0 aromatic carbocycles. The summed E-state index contributed by atoms with van der Waals surface area (Å²) in [4.78, 5) is 25.1. The molecule has 17 heavy (non-hydrogen) atoms. The molecule has 0 atom stereocenters. The third kappa shape index (κ3) is 2.02. The van der Waals surface area contributed by atoms with Crippen molar-refractivity contribution in [1.82, 2.24) is 20.3 Å². The number of carbonyl (C=O) groups excluding carboxylic acids is 1. The number of anilines is 1. The van der Waals surface area contributed by atoms with E-state index in [1.54, 1.807) is 0 Å². The van der Waals surface area contributed by atoms with Crippen LogP contribution in [0.15, 0.2) is 18.6 Å². The summed E-state index contributed by atoms with van der Waals surface area (Å²) in [5, 5.41) is 6.54. The average Bonchev–Trinajstić information content (AvgIpc) is 2.90. The lowest BCUT2D eigenvalue weighted by Crippen LogP contribution is -2.14. The molecule has 1 aliphatic heterocycles. The molecule has 6 nitrogen and oxygen atoms in total. The van der Waals surface area contributed by atoms with Gasteiger partial charge in [0, 0.05) is 30.4 Å². The van der Waals surface area contributed by atoms with Crippen molar-refractivity contribution in [3.63, 3.8) is 0 Å². The predicted molar refractivity (Wildman–Crippen MR) is 62.6 cm³/mol. The van der Waals surface area contributed by atoms with Crippen LogP contribution < -0.4 is 10.6 Å². The van der Waals surface area contributed by atoms with E-state index < -0.39 is 0 Å². The summed E-state index contributed by atoms with van der Waals surface area (Å²) < 4.78 is 0. The van der Waals surface area contributed by atoms with Crippen molar-refractivity contribution in [2.45, 2.75) is 13.1 Å². The Hall–Kier alpha value is -1.86. The van der Waals surface area contributed by atoms with Gasteiger partial charge in [-0.15, -0.1) is 11.3 Å². The molecule has 0 saturated carbocycles. The second-order valence-corrected chi connectivity index (χ2v) is 4.62. The van der Waals surface area contributed by atoms with Crippen LogP contribution in [0, 0.1) is 0 Å². The van der Waals surface area contributed by atoms with E-state index in [4.69, 9.17) is 0 Å². The van der Waals surface area contributed by atoms with E-state index in [1.807, 2.05) is 0 Å². The Morgan fingerprint density at radius 3 is 3.12 bits per heavy atom. The number of nitrogens with one attached hydrogen (secondary N) is 2. The average molecular weight is 247 g/mol. The van der Waals surface area contributed by atoms with Gasteiger partial charge < -0.3 is 5.32 Å². The first-order chi connectivity index (χ1) is 8.33. The number of hydrogen-bond donors (Lipinski definition) is 2. The quantitative estimate of drug-likeness (QED) is 0.820. The lowest BCUT2D eigenvalue weighted by atomic mass is 10.4. The monoisotopic (exact) mass is 247 g/mol. The van der Waals surface area contributed by atoms with E-state index in [0.717, 1.165) is 18.8 Å². The van der Waals surface area contributed by atoms with Crippen LogP contribution in [-0.2, 0) is 13.1 Å². The molecule has 2 aromatic rings. The fraction of sp³-hybridized carbons (Fsp3) is 0.200. The highest BCUT2D eigenvalue weighted by Gasteiger charge is 2.17. The van der Waals surface area contributed by atoms with Gasteiger partial charge in [-0.1, -0.05) is 0 Å². The summed E-state index contributed by atoms with van der Waals surface area (Å²) in [6.45, 7) is 1.60. The van der Waals surface area contributed by atoms with Crippen molar-refractivity contribution < 1.29 is 4.79 Å². The zero-order valence-corrected chi connectivity index (χ0v) is 9.62. The molecule has 0 radical (unpaired) electrons. The molecule has 3 rings (SSSR count). The van der Waals surface area contributed by atoms with Crippen LogP contribution in [0.25, 0.3) is 0 Å². The van der Waals surface area contributed by atoms with Crippen molar-refractivity contribution in [3.05, 3.63) is 34.9 Å². The first-order valence-electron chi connectivity index (χ1n) is 5.09. The molecule has 0 fully saturated rings. The van der Waals surface area contributed by atoms with E-state index >= 15 is 0 Å². The van der Waals surface area contributed by atoms with Gasteiger partial charge in [-0.3, -0.25) is 15.1 Å². The smallest absolute Gasteiger partial charge is 0.277 e. The highest BCUT2D eigenvalue weighted by atomic mass is 32.1. The van der Waals surface area contributed by atoms with Gasteiger partial charge in [-0.2, -0.15) is 0 Å². The molecule has 2 N–H and O–H groups in total. The summed E-state index contributed by atoms with van der Waals surface area (Å²) in [6, 6.07) is 0. The largest absolute Gasteiger partial charge is 0.306 e. The van der Waals surface area contributed by atoms with Crippen LogP contribution in [0.2, 0.25) is 0 Å². The van der Waals surface area contributed by atoms with Crippen molar-refractivity contribution in [2.75, 3.05) is 5.32 Å². The molecule has 0 aliphatic carbocycles. The fourth-order valence-corrected chi connectivity index (χ4v) is 2.53. The Kier molecular flexibility index (Phi) is 2.54. The number of aromatic nitrogens is 3. The minimum atomic E-state index is -0.279. The molecule has 1 amide bonds. The summed E-state index contributed by atoms with van der Waals surface area (Å²) in [5.41, 5.74) is 1.31. The van der Waals surface area contributed by atoms with Gasteiger partial charge in [0.2, 0.25) is 0 Å². The number of amides is 1. The molecule has 86 valence electrons. The second kappa shape index (κ2) is 4.19. The Bertz CT molecular complexity index is 532. The maximum atomic E-state index is 11.8. The Balaban J connectivity index is 1.77. The van der Waals surface area contributed by atoms with Crippen LogP contribution >= 0.6 is 11.3 Å². The van der Waals surface area contributed by atoms with E-state index in [-0.39, 0.29) is 5.91 Å². The van der Waals surface area contributed by atoms with Gasteiger partial charge in [0.05, 0.1) is 11.9 Å². The van der Waals surface area contributed by atoms with Crippen molar-refractivity contribution in [1.29, 1.82) is 0 Å². The molecular weight excluding hydrogens is 238 g/mol. The highest BCUT2D eigenvalue weighted by Crippen LogP contribution is 2.26. The van der Waals surface area contributed by atoms with Crippen LogP contribution in [0.3, 0.4) is 0 Å². The first-order valence-corrected chi connectivity index (χ1v) is 5.91.